The fourth-order valence-corrected chi connectivity index (χ4v) is 4.87. The predicted molar refractivity (Wildman–Crippen MR) is 111 cm³/mol. The lowest BCUT2D eigenvalue weighted by atomic mass is 9.81. The molecule has 0 unspecified atom stereocenters. The van der Waals surface area contributed by atoms with Gasteiger partial charge in [-0.3, -0.25) is 19.3 Å². The van der Waals surface area contributed by atoms with Crippen LogP contribution in [-0.2, 0) is 20.9 Å². The zero-order valence-electron chi connectivity index (χ0n) is 17.4. The molecule has 2 aromatic rings. The summed E-state index contributed by atoms with van der Waals surface area (Å²) in [5.74, 6) is -0.607. The summed E-state index contributed by atoms with van der Waals surface area (Å²) in [5, 5.41) is 4.14. The highest BCUT2D eigenvalue weighted by molar-refractivity contribution is 6.05. The molecule has 1 saturated heterocycles. The van der Waals surface area contributed by atoms with Gasteiger partial charge in [-0.1, -0.05) is 24.5 Å². The average Bonchev–Trinajstić information content (AvgIpc) is 3.12. The number of aromatic amines is 1. The molecule has 0 spiro atoms. The molecule has 6 nitrogen and oxygen atoms in total. The molecule has 0 radical (unpaired) electrons. The van der Waals surface area contributed by atoms with Crippen LogP contribution in [0.15, 0.2) is 12.1 Å². The summed E-state index contributed by atoms with van der Waals surface area (Å²) < 4.78 is 0. The molecule has 0 bridgehead atoms. The van der Waals surface area contributed by atoms with Crippen LogP contribution < -0.4 is 5.32 Å². The van der Waals surface area contributed by atoms with E-state index in [0.29, 0.717) is 6.54 Å². The number of fused-ring (bicyclic) bond motifs is 2. The normalized spacial score (nSPS) is 21.7. The van der Waals surface area contributed by atoms with E-state index >= 15 is 0 Å². The fourth-order valence-electron chi connectivity index (χ4n) is 4.87. The van der Waals surface area contributed by atoms with Crippen molar-refractivity contribution in [3.63, 3.8) is 0 Å². The third-order valence-electron chi connectivity index (χ3n) is 6.61. The van der Waals surface area contributed by atoms with E-state index in [9.17, 15) is 14.4 Å². The van der Waals surface area contributed by atoms with Crippen molar-refractivity contribution < 1.29 is 14.4 Å². The summed E-state index contributed by atoms with van der Waals surface area (Å²) in [5.41, 5.74) is 5.61. The maximum Gasteiger partial charge on any atom is 0.233 e. The smallest absolute Gasteiger partial charge is 0.233 e. The lowest BCUT2D eigenvalue weighted by Crippen LogP contribution is -2.35. The summed E-state index contributed by atoms with van der Waals surface area (Å²) in [6.45, 7) is 6.80. The summed E-state index contributed by atoms with van der Waals surface area (Å²) in [4.78, 5) is 42.2. The van der Waals surface area contributed by atoms with Crippen LogP contribution in [0.1, 0.15) is 54.5 Å². The van der Waals surface area contributed by atoms with E-state index in [1.54, 1.807) is 0 Å². The maximum atomic E-state index is 12.5. The van der Waals surface area contributed by atoms with Gasteiger partial charge in [0.1, 0.15) is 0 Å². The van der Waals surface area contributed by atoms with Crippen LogP contribution in [0.2, 0.25) is 0 Å². The average molecular weight is 396 g/mol. The molecule has 2 fully saturated rings. The zero-order valence-corrected chi connectivity index (χ0v) is 17.4. The number of aryl methyl sites for hydroxylation is 3. The Morgan fingerprint density at radius 3 is 2.41 bits per heavy atom. The Hall–Kier alpha value is -2.63. The number of nitrogens with one attached hydrogen (secondary N) is 2. The maximum absolute atomic E-state index is 12.5. The van der Waals surface area contributed by atoms with Gasteiger partial charge in [-0.2, -0.15) is 0 Å². The first kappa shape index (κ1) is 19.7. The monoisotopic (exact) mass is 395 g/mol. The molecule has 29 heavy (non-hydrogen) atoms. The molecule has 2 N–H and O–H groups in total. The van der Waals surface area contributed by atoms with Crippen molar-refractivity contribution >= 4 is 28.6 Å². The Morgan fingerprint density at radius 1 is 1.10 bits per heavy atom. The van der Waals surface area contributed by atoms with Gasteiger partial charge in [0.15, 0.2) is 0 Å². The highest BCUT2D eigenvalue weighted by Gasteiger charge is 2.47. The third-order valence-corrected chi connectivity index (χ3v) is 6.61. The number of aromatic nitrogens is 1. The van der Waals surface area contributed by atoms with E-state index in [2.05, 4.69) is 43.2 Å². The Balaban J connectivity index is 1.38. The van der Waals surface area contributed by atoms with Gasteiger partial charge in [-0.15, -0.1) is 0 Å². The summed E-state index contributed by atoms with van der Waals surface area (Å²) in [6.07, 6.45) is 3.77. The van der Waals surface area contributed by atoms with E-state index < -0.39 is 0 Å². The van der Waals surface area contributed by atoms with Crippen molar-refractivity contribution in [2.45, 2.75) is 59.4 Å². The van der Waals surface area contributed by atoms with Gasteiger partial charge in [0, 0.05) is 30.6 Å². The summed E-state index contributed by atoms with van der Waals surface area (Å²) in [7, 11) is 0. The molecular weight excluding hydrogens is 366 g/mol. The van der Waals surface area contributed by atoms with Crippen LogP contribution in [-0.4, -0.2) is 34.2 Å². The van der Waals surface area contributed by atoms with Crippen LogP contribution in [0, 0.1) is 32.6 Å². The van der Waals surface area contributed by atoms with Crippen molar-refractivity contribution in [3.8, 4) is 0 Å². The van der Waals surface area contributed by atoms with Gasteiger partial charge in [0.2, 0.25) is 17.7 Å². The topological polar surface area (TPSA) is 82.3 Å². The van der Waals surface area contributed by atoms with Crippen molar-refractivity contribution in [1.82, 2.24) is 15.2 Å². The van der Waals surface area contributed by atoms with Crippen LogP contribution in [0.4, 0.5) is 0 Å². The molecule has 1 aromatic heterocycles. The summed E-state index contributed by atoms with van der Waals surface area (Å²) >= 11 is 0. The lowest BCUT2D eigenvalue weighted by molar-refractivity contribution is -0.140. The van der Waals surface area contributed by atoms with Gasteiger partial charge in [-0.05, 0) is 50.8 Å². The molecule has 154 valence electrons. The number of hydrogen-bond acceptors (Lipinski definition) is 3. The largest absolute Gasteiger partial charge is 0.358 e. The number of benzene rings is 1. The number of hydrogen-bond donors (Lipinski definition) is 2. The van der Waals surface area contributed by atoms with Crippen molar-refractivity contribution in [2.75, 3.05) is 6.54 Å². The van der Waals surface area contributed by atoms with Crippen molar-refractivity contribution in [3.05, 3.63) is 34.5 Å². The second-order valence-electron chi connectivity index (χ2n) is 8.57. The first-order chi connectivity index (χ1) is 13.9. The lowest BCUT2D eigenvalue weighted by Gasteiger charge is -2.19. The molecule has 2 heterocycles. The number of likely N-dealkylation sites (tertiary alicyclic amines) is 1. The second kappa shape index (κ2) is 7.65. The Labute approximate surface area is 171 Å². The molecule has 2 atom stereocenters. The predicted octanol–water partition coefficient (Wildman–Crippen LogP) is 3.27. The molecular formula is C23H29N3O3. The molecule has 6 heteroatoms. The Bertz CT molecular complexity index is 967. The van der Waals surface area contributed by atoms with Crippen LogP contribution >= 0.6 is 0 Å². The zero-order chi connectivity index (χ0) is 20.7. The molecule has 2 aliphatic rings. The Kier molecular flexibility index (Phi) is 5.19. The number of amides is 3. The van der Waals surface area contributed by atoms with Crippen LogP contribution in [0.5, 0.6) is 0 Å². The van der Waals surface area contributed by atoms with E-state index in [-0.39, 0.29) is 42.5 Å². The molecule has 3 amide bonds. The number of carbonyl (C=O) groups excluding carboxylic acids is 3. The number of imide groups is 1. The van der Waals surface area contributed by atoms with E-state index in [1.807, 2.05) is 0 Å². The summed E-state index contributed by atoms with van der Waals surface area (Å²) in [6, 6.07) is 4.24. The SMILES string of the molecule is Cc1cc(CNC(=O)CCN2C(=O)[C@H]3CCCC[C@H]3C2=O)c2[nH]c(C)c(C)c2c1. The molecule has 1 aliphatic carbocycles. The molecule has 1 saturated carbocycles. The fraction of sp³-hybridized carbons (Fsp3) is 0.522. The van der Waals surface area contributed by atoms with Gasteiger partial charge in [-0.25, -0.2) is 0 Å². The molecule has 1 aliphatic heterocycles. The number of rotatable bonds is 5. The van der Waals surface area contributed by atoms with Crippen LogP contribution in [0.3, 0.4) is 0 Å². The van der Waals surface area contributed by atoms with E-state index in [4.69, 9.17) is 0 Å². The highest BCUT2D eigenvalue weighted by atomic mass is 16.2. The Morgan fingerprint density at radius 2 is 1.76 bits per heavy atom. The number of nitrogens with zero attached hydrogens (tertiary/aromatic N) is 1. The standard InChI is InChI=1S/C23H29N3O3/c1-13-10-16(21-19(11-13)14(2)15(3)25-21)12-24-20(27)8-9-26-22(28)17-6-4-5-7-18(17)23(26)29/h10-11,17-18,25H,4-9,12H2,1-3H3,(H,24,27)/t17-,18+. The van der Waals surface area contributed by atoms with E-state index in [1.165, 1.54) is 15.8 Å². The molecule has 1 aromatic carbocycles. The first-order valence-electron chi connectivity index (χ1n) is 10.6. The minimum atomic E-state index is -0.153. The second-order valence-corrected chi connectivity index (χ2v) is 8.57. The van der Waals surface area contributed by atoms with Crippen LogP contribution in [0.25, 0.3) is 10.9 Å². The van der Waals surface area contributed by atoms with Gasteiger partial charge >= 0.3 is 0 Å². The van der Waals surface area contributed by atoms with Crippen molar-refractivity contribution in [1.29, 1.82) is 0 Å². The van der Waals surface area contributed by atoms with Crippen molar-refractivity contribution in [2.24, 2.45) is 11.8 Å². The third kappa shape index (κ3) is 3.56. The quantitative estimate of drug-likeness (QED) is 0.762. The highest BCUT2D eigenvalue weighted by Crippen LogP contribution is 2.38. The van der Waals surface area contributed by atoms with Gasteiger partial charge < -0.3 is 10.3 Å². The minimum absolute atomic E-state index is 0.0785. The van der Waals surface area contributed by atoms with Gasteiger partial charge in [0.25, 0.3) is 0 Å². The first-order valence-corrected chi connectivity index (χ1v) is 10.6. The minimum Gasteiger partial charge on any atom is -0.358 e. The number of H-pyrrole nitrogens is 1. The molecule has 4 rings (SSSR count). The number of carbonyl (C=O) groups is 3. The van der Waals surface area contributed by atoms with E-state index in [0.717, 1.165) is 48.0 Å². The van der Waals surface area contributed by atoms with Gasteiger partial charge in [0.05, 0.1) is 17.4 Å².